The third-order valence-electron chi connectivity index (χ3n) is 4.90. The number of fused-ring (bicyclic) bond motifs is 1. The predicted molar refractivity (Wildman–Crippen MR) is 118 cm³/mol. The van der Waals surface area contributed by atoms with Crippen LogP contribution in [0.25, 0.3) is 11.0 Å². The van der Waals surface area contributed by atoms with Crippen LogP contribution in [0.2, 0.25) is 0 Å². The van der Waals surface area contributed by atoms with Crippen molar-refractivity contribution < 1.29 is 13.9 Å². The first-order valence-corrected chi connectivity index (χ1v) is 11.4. The number of halogens is 1. The van der Waals surface area contributed by atoms with Gasteiger partial charge in [0.05, 0.1) is 31.3 Å². The molecule has 2 aromatic heterocycles. The third kappa shape index (κ3) is 5.13. The lowest BCUT2D eigenvalue weighted by Gasteiger charge is -2.28. The maximum Gasteiger partial charge on any atom is 0.251 e. The summed E-state index contributed by atoms with van der Waals surface area (Å²) < 4.78 is 20.6. The van der Waals surface area contributed by atoms with Crippen molar-refractivity contribution in [1.82, 2.24) is 25.1 Å². The van der Waals surface area contributed by atoms with Crippen LogP contribution in [0.5, 0.6) is 0 Å². The second-order valence-electron chi connectivity index (χ2n) is 7.15. The molecule has 10 heteroatoms. The average molecular weight is 445 g/mol. The van der Waals surface area contributed by atoms with Gasteiger partial charge in [-0.2, -0.15) is 5.10 Å². The van der Waals surface area contributed by atoms with Gasteiger partial charge in [0, 0.05) is 31.0 Å². The van der Waals surface area contributed by atoms with Gasteiger partial charge in [0.25, 0.3) is 5.91 Å². The Bertz CT molecular complexity index is 1050. The van der Waals surface area contributed by atoms with Gasteiger partial charge < -0.3 is 15.0 Å². The van der Waals surface area contributed by atoms with Crippen molar-refractivity contribution in [2.45, 2.75) is 25.0 Å². The lowest BCUT2D eigenvalue weighted by Crippen LogP contribution is -2.37. The van der Waals surface area contributed by atoms with Crippen LogP contribution in [-0.4, -0.2) is 64.3 Å². The van der Waals surface area contributed by atoms with Crippen molar-refractivity contribution in [3.8, 4) is 0 Å². The minimum atomic E-state index is -0.435. The number of benzene rings is 1. The first-order valence-electron chi connectivity index (χ1n) is 10.4. The summed E-state index contributed by atoms with van der Waals surface area (Å²) in [6, 6.07) is 5.63. The molecule has 0 spiro atoms. The van der Waals surface area contributed by atoms with Crippen molar-refractivity contribution in [3.05, 3.63) is 41.8 Å². The molecule has 0 aliphatic carbocycles. The van der Waals surface area contributed by atoms with Gasteiger partial charge in [0.1, 0.15) is 11.6 Å². The number of aromatic nitrogens is 4. The molecular weight excluding hydrogens is 419 g/mol. The standard InChI is InChI=1S/C21H25FN6O2S/c1-2-12-31-21-25-18(27-8-10-30-11-9-27)17-14-24-28(19(17)26-21)7-6-23-20(29)15-4-3-5-16(22)13-15/h3-5,13-14H,2,6-12H2,1H3,(H,23,29). The van der Waals surface area contributed by atoms with Crippen LogP contribution >= 0.6 is 11.8 Å². The zero-order valence-electron chi connectivity index (χ0n) is 17.4. The fourth-order valence-corrected chi connectivity index (χ4v) is 4.05. The van der Waals surface area contributed by atoms with E-state index in [0.29, 0.717) is 31.9 Å². The van der Waals surface area contributed by atoms with Gasteiger partial charge in [0.15, 0.2) is 10.8 Å². The first kappa shape index (κ1) is 21.5. The van der Waals surface area contributed by atoms with E-state index in [2.05, 4.69) is 22.2 Å². The van der Waals surface area contributed by atoms with Crippen LogP contribution in [0.3, 0.4) is 0 Å². The molecule has 3 aromatic rings. The zero-order valence-corrected chi connectivity index (χ0v) is 18.2. The number of rotatable bonds is 8. The fourth-order valence-electron chi connectivity index (χ4n) is 3.37. The monoisotopic (exact) mass is 444 g/mol. The highest BCUT2D eigenvalue weighted by atomic mass is 32.2. The number of morpholine rings is 1. The van der Waals surface area contributed by atoms with Gasteiger partial charge in [-0.3, -0.25) is 4.79 Å². The number of nitrogens with one attached hydrogen (secondary N) is 1. The summed E-state index contributed by atoms with van der Waals surface area (Å²) in [5.41, 5.74) is 1.04. The Morgan fingerprint density at radius 2 is 2.13 bits per heavy atom. The van der Waals surface area contributed by atoms with Gasteiger partial charge in [-0.25, -0.2) is 19.0 Å². The van der Waals surface area contributed by atoms with Gasteiger partial charge in [-0.15, -0.1) is 0 Å². The largest absolute Gasteiger partial charge is 0.378 e. The lowest BCUT2D eigenvalue weighted by molar-refractivity contribution is 0.0951. The van der Waals surface area contributed by atoms with Crippen molar-refractivity contribution in [1.29, 1.82) is 0 Å². The Hall–Kier alpha value is -2.72. The molecule has 0 radical (unpaired) electrons. The average Bonchev–Trinajstić information content (AvgIpc) is 3.20. The number of nitrogens with zero attached hydrogens (tertiary/aromatic N) is 5. The van der Waals surface area contributed by atoms with Crippen molar-refractivity contribution in [2.24, 2.45) is 0 Å². The van der Waals surface area contributed by atoms with E-state index in [1.165, 1.54) is 18.2 Å². The van der Waals surface area contributed by atoms with E-state index >= 15 is 0 Å². The quantitative estimate of drug-likeness (QED) is 0.422. The topological polar surface area (TPSA) is 85.2 Å². The summed E-state index contributed by atoms with van der Waals surface area (Å²) >= 11 is 1.63. The van der Waals surface area contributed by atoms with Crippen molar-refractivity contribution >= 4 is 34.5 Å². The molecule has 3 heterocycles. The van der Waals surface area contributed by atoms with E-state index in [9.17, 15) is 9.18 Å². The van der Waals surface area contributed by atoms with Crippen LogP contribution < -0.4 is 10.2 Å². The molecule has 1 aliphatic rings. The number of carbonyl (C=O) groups is 1. The maximum absolute atomic E-state index is 13.3. The smallest absolute Gasteiger partial charge is 0.251 e. The van der Waals surface area contributed by atoms with Crippen LogP contribution in [0.15, 0.2) is 35.6 Å². The first-order chi connectivity index (χ1) is 15.2. The number of anilines is 1. The summed E-state index contributed by atoms with van der Waals surface area (Å²) in [7, 11) is 0. The van der Waals surface area contributed by atoms with E-state index in [1.54, 1.807) is 28.7 Å². The molecule has 1 N–H and O–H groups in total. The van der Waals surface area contributed by atoms with Crippen molar-refractivity contribution in [2.75, 3.05) is 43.5 Å². The highest BCUT2D eigenvalue weighted by molar-refractivity contribution is 7.99. The Balaban J connectivity index is 1.52. The molecule has 4 rings (SSSR count). The second kappa shape index (κ2) is 10.1. The van der Waals surface area contributed by atoms with Crippen LogP contribution in [0.1, 0.15) is 23.7 Å². The van der Waals surface area contributed by atoms with Crippen LogP contribution in [0, 0.1) is 5.82 Å². The third-order valence-corrected chi connectivity index (χ3v) is 5.95. The van der Waals surface area contributed by atoms with Gasteiger partial charge in [-0.05, 0) is 24.6 Å². The predicted octanol–water partition coefficient (Wildman–Crippen LogP) is 2.73. The Kier molecular flexibility index (Phi) is 6.98. The molecular formula is C21H25FN6O2S. The van der Waals surface area contributed by atoms with E-state index in [1.807, 2.05) is 0 Å². The minimum absolute atomic E-state index is 0.292. The normalized spacial score (nSPS) is 14.2. The summed E-state index contributed by atoms with van der Waals surface area (Å²) in [4.78, 5) is 24.0. The molecule has 31 heavy (non-hydrogen) atoms. The van der Waals surface area contributed by atoms with E-state index in [-0.39, 0.29) is 5.91 Å². The molecule has 1 amide bonds. The fraction of sp³-hybridized carbons (Fsp3) is 0.429. The SMILES string of the molecule is CCCSc1nc(N2CCOCC2)c2cnn(CCNC(=O)c3cccc(F)c3)c2n1. The van der Waals surface area contributed by atoms with Crippen molar-refractivity contribution in [3.63, 3.8) is 0 Å². The van der Waals surface area contributed by atoms with E-state index < -0.39 is 5.82 Å². The van der Waals surface area contributed by atoms with Gasteiger partial charge in [-0.1, -0.05) is 24.8 Å². The molecule has 0 atom stereocenters. The minimum Gasteiger partial charge on any atom is -0.378 e. The number of ether oxygens (including phenoxy) is 1. The maximum atomic E-state index is 13.3. The molecule has 1 aliphatic heterocycles. The number of amides is 1. The number of thioether (sulfide) groups is 1. The summed E-state index contributed by atoms with van der Waals surface area (Å²) in [6.45, 7) is 5.81. The summed E-state index contributed by atoms with van der Waals surface area (Å²) in [5, 5.41) is 8.92. The zero-order chi connectivity index (χ0) is 21.6. The van der Waals surface area contributed by atoms with Gasteiger partial charge >= 0.3 is 0 Å². The lowest BCUT2D eigenvalue weighted by atomic mass is 10.2. The van der Waals surface area contributed by atoms with Crippen LogP contribution in [0.4, 0.5) is 10.2 Å². The number of hydrogen-bond donors (Lipinski definition) is 1. The number of carbonyl (C=O) groups excluding carboxylic acids is 1. The summed E-state index contributed by atoms with van der Waals surface area (Å²) in [5.74, 6) is 1.06. The molecule has 0 unspecified atom stereocenters. The molecule has 8 nitrogen and oxygen atoms in total. The molecule has 0 saturated carbocycles. The molecule has 0 bridgehead atoms. The summed E-state index contributed by atoms with van der Waals surface area (Å²) in [6.07, 6.45) is 2.81. The molecule has 1 saturated heterocycles. The van der Waals surface area contributed by atoms with Crippen LogP contribution in [-0.2, 0) is 11.3 Å². The Morgan fingerprint density at radius 3 is 2.90 bits per heavy atom. The Morgan fingerprint density at radius 1 is 1.29 bits per heavy atom. The molecule has 164 valence electrons. The Labute approximate surface area is 184 Å². The van der Waals surface area contributed by atoms with E-state index in [0.717, 1.165) is 47.3 Å². The van der Waals surface area contributed by atoms with Gasteiger partial charge in [0.2, 0.25) is 0 Å². The number of hydrogen-bond acceptors (Lipinski definition) is 7. The molecule has 1 aromatic carbocycles. The highest BCUT2D eigenvalue weighted by Crippen LogP contribution is 2.28. The van der Waals surface area contributed by atoms with E-state index in [4.69, 9.17) is 14.7 Å². The molecule has 1 fully saturated rings. The second-order valence-corrected chi connectivity index (χ2v) is 8.21. The highest BCUT2D eigenvalue weighted by Gasteiger charge is 2.20.